The standard InChI is InChI=1S/C11H9FN4/c1-7-9(12)3-2-4-10(7)16-11(14)8(5-13)6-15-16/h2-4,6H,14H2,1H3. The molecule has 16 heavy (non-hydrogen) atoms. The minimum absolute atomic E-state index is 0.219. The minimum Gasteiger partial charge on any atom is -0.382 e. The van der Waals surface area contributed by atoms with Crippen LogP contribution in [0.4, 0.5) is 10.2 Å². The minimum atomic E-state index is -0.328. The van der Waals surface area contributed by atoms with Crippen LogP contribution in [0.2, 0.25) is 0 Å². The van der Waals surface area contributed by atoms with E-state index in [2.05, 4.69) is 5.10 Å². The lowest BCUT2D eigenvalue weighted by atomic mass is 10.2. The van der Waals surface area contributed by atoms with E-state index in [-0.39, 0.29) is 17.2 Å². The summed E-state index contributed by atoms with van der Waals surface area (Å²) in [6, 6.07) is 6.55. The second kappa shape index (κ2) is 3.66. The van der Waals surface area contributed by atoms with E-state index in [1.807, 2.05) is 6.07 Å². The van der Waals surface area contributed by atoms with Crippen LogP contribution >= 0.6 is 0 Å². The van der Waals surface area contributed by atoms with Gasteiger partial charge in [-0.15, -0.1) is 0 Å². The number of benzene rings is 1. The van der Waals surface area contributed by atoms with Crippen molar-refractivity contribution in [1.29, 1.82) is 5.26 Å². The topological polar surface area (TPSA) is 67.6 Å². The smallest absolute Gasteiger partial charge is 0.145 e. The van der Waals surface area contributed by atoms with Gasteiger partial charge in [0.1, 0.15) is 23.3 Å². The molecule has 0 saturated carbocycles. The zero-order chi connectivity index (χ0) is 11.7. The van der Waals surface area contributed by atoms with Crippen molar-refractivity contribution in [3.8, 4) is 11.8 Å². The first kappa shape index (κ1) is 10.2. The molecule has 80 valence electrons. The van der Waals surface area contributed by atoms with Gasteiger partial charge in [0, 0.05) is 5.56 Å². The van der Waals surface area contributed by atoms with Gasteiger partial charge in [-0.25, -0.2) is 9.07 Å². The molecule has 0 aliphatic carbocycles. The SMILES string of the molecule is Cc1c(F)cccc1-n1ncc(C#N)c1N. The van der Waals surface area contributed by atoms with E-state index in [9.17, 15) is 4.39 Å². The summed E-state index contributed by atoms with van der Waals surface area (Å²) in [6.45, 7) is 1.64. The van der Waals surface area contributed by atoms with E-state index in [0.29, 0.717) is 11.3 Å². The highest BCUT2D eigenvalue weighted by atomic mass is 19.1. The van der Waals surface area contributed by atoms with E-state index in [1.165, 1.54) is 16.9 Å². The highest BCUT2D eigenvalue weighted by Gasteiger charge is 2.11. The van der Waals surface area contributed by atoms with Gasteiger partial charge in [0.15, 0.2) is 0 Å². The van der Waals surface area contributed by atoms with Crippen molar-refractivity contribution in [1.82, 2.24) is 9.78 Å². The molecule has 2 aromatic rings. The molecular formula is C11H9FN4. The fourth-order valence-corrected chi connectivity index (χ4v) is 1.46. The average Bonchev–Trinajstić information content (AvgIpc) is 2.64. The predicted octanol–water partition coefficient (Wildman–Crippen LogP) is 1.77. The van der Waals surface area contributed by atoms with E-state index < -0.39 is 0 Å². The van der Waals surface area contributed by atoms with E-state index in [0.717, 1.165) is 0 Å². The molecule has 0 bridgehead atoms. The van der Waals surface area contributed by atoms with Crippen molar-refractivity contribution in [3.05, 3.63) is 41.3 Å². The molecule has 1 aromatic heterocycles. The van der Waals surface area contributed by atoms with Gasteiger partial charge in [0.25, 0.3) is 0 Å². The maximum Gasteiger partial charge on any atom is 0.145 e. The Kier molecular flexibility index (Phi) is 2.33. The van der Waals surface area contributed by atoms with Crippen molar-refractivity contribution in [2.45, 2.75) is 6.92 Å². The third kappa shape index (κ3) is 1.41. The molecule has 0 aliphatic heterocycles. The Balaban J connectivity index is 2.64. The fraction of sp³-hybridized carbons (Fsp3) is 0.0909. The summed E-state index contributed by atoms with van der Waals surface area (Å²) in [5, 5.41) is 12.7. The molecule has 0 spiro atoms. The van der Waals surface area contributed by atoms with Gasteiger partial charge in [-0.1, -0.05) is 6.07 Å². The Hall–Kier alpha value is -2.35. The van der Waals surface area contributed by atoms with Crippen LogP contribution in [0.1, 0.15) is 11.1 Å². The van der Waals surface area contributed by atoms with Crippen LogP contribution in [0.5, 0.6) is 0 Å². The van der Waals surface area contributed by atoms with Crippen LogP contribution in [0.15, 0.2) is 24.4 Å². The van der Waals surface area contributed by atoms with Crippen molar-refractivity contribution >= 4 is 5.82 Å². The molecular weight excluding hydrogens is 207 g/mol. The van der Waals surface area contributed by atoms with E-state index >= 15 is 0 Å². The summed E-state index contributed by atoms with van der Waals surface area (Å²) in [4.78, 5) is 0. The molecule has 0 radical (unpaired) electrons. The van der Waals surface area contributed by atoms with Crippen LogP contribution in [0.25, 0.3) is 5.69 Å². The molecule has 0 atom stereocenters. The molecule has 1 aromatic carbocycles. The van der Waals surface area contributed by atoms with E-state index in [1.54, 1.807) is 19.1 Å². The highest BCUT2D eigenvalue weighted by Crippen LogP contribution is 2.20. The molecule has 0 aliphatic rings. The summed E-state index contributed by atoms with van der Waals surface area (Å²) in [5.74, 6) is -0.109. The monoisotopic (exact) mass is 216 g/mol. The number of aromatic nitrogens is 2. The number of halogens is 1. The Labute approximate surface area is 91.7 Å². The van der Waals surface area contributed by atoms with E-state index in [4.69, 9.17) is 11.0 Å². The Morgan fingerprint density at radius 1 is 1.50 bits per heavy atom. The fourth-order valence-electron chi connectivity index (χ4n) is 1.46. The molecule has 2 N–H and O–H groups in total. The lowest BCUT2D eigenvalue weighted by Gasteiger charge is -2.07. The Morgan fingerprint density at radius 3 is 2.88 bits per heavy atom. The first-order chi connectivity index (χ1) is 7.65. The molecule has 0 fully saturated rings. The molecule has 1 heterocycles. The van der Waals surface area contributed by atoms with Crippen LogP contribution in [-0.4, -0.2) is 9.78 Å². The number of nitrogen functional groups attached to an aromatic ring is 1. The zero-order valence-corrected chi connectivity index (χ0v) is 8.61. The lowest BCUT2D eigenvalue weighted by Crippen LogP contribution is -2.05. The Morgan fingerprint density at radius 2 is 2.25 bits per heavy atom. The zero-order valence-electron chi connectivity index (χ0n) is 8.61. The summed E-state index contributed by atoms with van der Waals surface area (Å²) in [7, 11) is 0. The highest BCUT2D eigenvalue weighted by molar-refractivity contribution is 5.54. The maximum atomic E-state index is 13.3. The summed E-state index contributed by atoms with van der Waals surface area (Å²) >= 11 is 0. The second-order valence-corrected chi connectivity index (χ2v) is 3.35. The quantitative estimate of drug-likeness (QED) is 0.789. The van der Waals surface area contributed by atoms with Gasteiger partial charge in [0.05, 0.1) is 11.9 Å². The summed E-state index contributed by atoms with van der Waals surface area (Å²) in [6.07, 6.45) is 1.36. The number of nitrogens with zero attached hydrogens (tertiary/aromatic N) is 3. The van der Waals surface area contributed by atoms with Gasteiger partial charge in [-0.05, 0) is 19.1 Å². The van der Waals surface area contributed by atoms with Crippen LogP contribution in [-0.2, 0) is 0 Å². The van der Waals surface area contributed by atoms with Crippen LogP contribution < -0.4 is 5.73 Å². The van der Waals surface area contributed by atoms with Gasteiger partial charge in [-0.2, -0.15) is 10.4 Å². The Bertz CT molecular complexity index is 580. The third-order valence-electron chi connectivity index (χ3n) is 2.39. The van der Waals surface area contributed by atoms with Gasteiger partial charge >= 0.3 is 0 Å². The predicted molar refractivity (Wildman–Crippen MR) is 57.4 cm³/mol. The van der Waals surface area contributed by atoms with Gasteiger partial charge in [0.2, 0.25) is 0 Å². The van der Waals surface area contributed by atoms with Crippen LogP contribution in [0.3, 0.4) is 0 Å². The first-order valence-corrected chi connectivity index (χ1v) is 4.64. The molecule has 0 unspecified atom stereocenters. The number of rotatable bonds is 1. The van der Waals surface area contributed by atoms with Crippen molar-refractivity contribution in [2.24, 2.45) is 0 Å². The largest absolute Gasteiger partial charge is 0.382 e. The first-order valence-electron chi connectivity index (χ1n) is 4.64. The van der Waals surface area contributed by atoms with Crippen molar-refractivity contribution in [2.75, 3.05) is 5.73 Å². The lowest BCUT2D eigenvalue weighted by molar-refractivity contribution is 0.615. The molecule has 0 saturated heterocycles. The molecule has 2 rings (SSSR count). The summed E-state index contributed by atoms with van der Waals surface area (Å²) < 4.78 is 14.7. The van der Waals surface area contributed by atoms with Crippen molar-refractivity contribution < 1.29 is 4.39 Å². The normalized spacial score (nSPS) is 10.1. The molecule has 5 heteroatoms. The third-order valence-corrected chi connectivity index (χ3v) is 2.39. The van der Waals surface area contributed by atoms with Crippen molar-refractivity contribution in [3.63, 3.8) is 0 Å². The average molecular weight is 216 g/mol. The number of hydrogen-bond acceptors (Lipinski definition) is 3. The molecule has 4 nitrogen and oxygen atoms in total. The second-order valence-electron chi connectivity index (χ2n) is 3.35. The number of anilines is 1. The number of nitrogens with two attached hydrogens (primary N) is 1. The van der Waals surface area contributed by atoms with Crippen LogP contribution in [0, 0.1) is 24.1 Å². The summed E-state index contributed by atoms with van der Waals surface area (Å²) in [5.41, 5.74) is 6.99. The number of hydrogen-bond donors (Lipinski definition) is 1. The van der Waals surface area contributed by atoms with Gasteiger partial charge < -0.3 is 5.73 Å². The molecule has 0 amide bonds. The van der Waals surface area contributed by atoms with Gasteiger partial charge in [-0.3, -0.25) is 0 Å². The maximum absolute atomic E-state index is 13.3. The number of nitriles is 1.